The number of rotatable bonds is 3. The Morgan fingerprint density at radius 2 is 2.33 bits per heavy atom. The van der Waals surface area contributed by atoms with Gasteiger partial charge < -0.3 is 10.1 Å². The van der Waals surface area contributed by atoms with E-state index in [0.717, 1.165) is 0 Å². The monoisotopic (exact) mass is 298 g/mol. The predicted molar refractivity (Wildman–Crippen MR) is 48.2 cm³/mol. The van der Waals surface area contributed by atoms with Crippen molar-refractivity contribution in [3.63, 3.8) is 0 Å². The third kappa shape index (κ3) is 2.01. The maximum atomic E-state index is 10.2. The second-order valence-corrected chi connectivity index (χ2v) is 3.35. The van der Waals surface area contributed by atoms with Gasteiger partial charge in [0.15, 0.2) is 0 Å². The molecule has 1 rings (SSSR count). The van der Waals surface area contributed by atoms with Gasteiger partial charge in [0.05, 0.1) is 6.54 Å². The van der Waals surface area contributed by atoms with Crippen LogP contribution in [-0.4, -0.2) is 25.0 Å². The molecule has 0 saturated heterocycles. The van der Waals surface area contributed by atoms with Gasteiger partial charge in [-0.05, 0) is 9.91 Å². The molecule has 0 aliphatic carbocycles. The lowest BCUT2D eigenvalue weighted by Gasteiger charge is -1.88. The minimum absolute atomic E-state index is 0.369. The normalized spacial score (nSPS) is 10.2. The number of aryl methyl sites for hydroxylation is 1. The van der Waals surface area contributed by atoms with Gasteiger partial charge in [0.1, 0.15) is 0 Å². The molecule has 1 aromatic heterocycles. The molecule has 66 valence electrons. The van der Waals surface area contributed by atoms with Crippen molar-refractivity contribution in [1.29, 1.82) is 0 Å². The number of aromatic nitrogens is 3. The quantitative estimate of drug-likeness (QED) is 0.480. The highest BCUT2D eigenvalue weighted by Gasteiger charge is 2.18. The van der Waals surface area contributed by atoms with E-state index >= 15 is 0 Å². The van der Waals surface area contributed by atoms with Gasteiger partial charge >= 0.3 is 5.95 Å². The fourth-order valence-corrected chi connectivity index (χ4v) is 1.36. The molecule has 12 heavy (non-hydrogen) atoms. The van der Waals surface area contributed by atoms with Gasteiger partial charge in [0.25, 0.3) is 4.73 Å². The molecule has 0 amide bonds. The van der Waals surface area contributed by atoms with E-state index in [-0.39, 0.29) is 5.95 Å². The van der Waals surface area contributed by atoms with Crippen molar-refractivity contribution in [3.8, 4) is 0 Å². The summed E-state index contributed by atoms with van der Waals surface area (Å²) in [4.78, 5) is 13.2. The lowest BCUT2D eigenvalue weighted by molar-refractivity contribution is -0.394. The highest BCUT2D eigenvalue weighted by molar-refractivity contribution is 9.10. The molecule has 0 bridgehead atoms. The maximum Gasteiger partial charge on any atom is 0.492 e. The summed E-state index contributed by atoms with van der Waals surface area (Å²) in [6.45, 7) is 0.543. The molecule has 0 N–H and O–H groups in total. The first-order chi connectivity index (χ1) is 5.65. The van der Waals surface area contributed by atoms with Gasteiger partial charge in [-0.3, -0.25) is 0 Å². The number of alkyl halides is 1. The average molecular weight is 300 g/mol. The fraction of sp³-hybridized carbons (Fsp3) is 0.500. The van der Waals surface area contributed by atoms with E-state index in [1.807, 2.05) is 0 Å². The second-order valence-electron chi connectivity index (χ2n) is 1.85. The van der Waals surface area contributed by atoms with Gasteiger partial charge in [-0.25, -0.2) is 0 Å². The number of hydrogen-bond acceptors (Lipinski definition) is 4. The van der Waals surface area contributed by atoms with Crippen LogP contribution >= 0.6 is 31.9 Å². The Labute approximate surface area is 84.4 Å². The third-order valence-electron chi connectivity index (χ3n) is 1.08. The minimum Gasteiger partial charge on any atom is -0.390 e. The second kappa shape index (κ2) is 3.94. The predicted octanol–water partition coefficient (Wildman–Crippen LogP) is 1.34. The van der Waals surface area contributed by atoms with Crippen molar-refractivity contribution < 1.29 is 4.92 Å². The summed E-state index contributed by atoms with van der Waals surface area (Å²) in [6, 6.07) is 0. The molecule has 0 aromatic carbocycles. The summed E-state index contributed by atoms with van der Waals surface area (Å²) in [5.41, 5.74) is 0. The molecule has 0 aliphatic rings. The van der Waals surface area contributed by atoms with Crippen LogP contribution in [0.1, 0.15) is 0 Å². The van der Waals surface area contributed by atoms with Gasteiger partial charge in [0.2, 0.25) is 0 Å². The van der Waals surface area contributed by atoms with E-state index in [1.165, 1.54) is 4.68 Å². The van der Waals surface area contributed by atoms with Crippen molar-refractivity contribution in [3.05, 3.63) is 14.8 Å². The molecule has 0 aliphatic heterocycles. The summed E-state index contributed by atoms with van der Waals surface area (Å²) in [5, 5.41) is 14.5. The van der Waals surface area contributed by atoms with Crippen LogP contribution in [0.2, 0.25) is 0 Å². The van der Waals surface area contributed by atoms with Crippen molar-refractivity contribution >= 4 is 37.8 Å². The molecule has 0 spiro atoms. The molecule has 0 radical (unpaired) electrons. The van der Waals surface area contributed by atoms with Crippen LogP contribution in [0, 0.1) is 10.1 Å². The Morgan fingerprint density at radius 1 is 1.67 bits per heavy atom. The van der Waals surface area contributed by atoms with Gasteiger partial charge in [-0.15, -0.1) is 0 Å². The van der Waals surface area contributed by atoms with Crippen LogP contribution in [0.5, 0.6) is 0 Å². The fourth-order valence-electron chi connectivity index (χ4n) is 0.611. The van der Waals surface area contributed by atoms with Crippen LogP contribution in [0.4, 0.5) is 5.95 Å². The lowest BCUT2D eigenvalue weighted by Crippen LogP contribution is -2.01. The summed E-state index contributed by atoms with van der Waals surface area (Å²) >= 11 is 6.24. The standard InChI is InChI=1S/C4H4Br2N4O2/c5-1-2-9-3(6)7-4(8-9)10(11)12/h1-2H2. The van der Waals surface area contributed by atoms with Crippen molar-refractivity contribution in [2.45, 2.75) is 6.54 Å². The Bertz CT molecular complexity index is 299. The average Bonchev–Trinajstić information content (AvgIpc) is 2.34. The lowest BCUT2D eigenvalue weighted by atomic mass is 10.8. The summed E-state index contributed by atoms with van der Waals surface area (Å²) in [7, 11) is 0. The van der Waals surface area contributed by atoms with E-state index in [4.69, 9.17) is 0 Å². The van der Waals surface area contributed by atoms with Crippen LogP contribution in [0.15, 0.2) is 4.73 Å². The van der Waals surface area contributed by atoms with Crippen molar-refractivity contribution in [1.82, 2.24) is 14.8 Å². The molecular formula is C4H4Br2N4O2. The van der Waals surface area contributed by atoms with E-state index in [0.29, 0.717) is 16.6 Å². The zero-order valence-electron chi connectivity index (χ0n) is 5.78. The van der Waals surface area contributed by atoms with Gasteiger partial charge in [-0.2, -0.15) is 4.68 Å². The number of nitro groups is 1. The SMILES string of the molecule is O=[N+]([O-])c1nc(Br)n(CCBr)n1. The summed E-state index contributed by atoms with van der Waals surface area (Å²) in [5.74, 6) is -0.386. The first-order valence-corrected chi connectivity index (χ1v) is 4.87. The molecule has 0 unspecified atom stereocenters. The van der Waals surface area contributed by atoms with Crippen molar-refractivity contribution in [2.75, 3.05) is 5.33 Å². The topological polar surface area (TPSA) is 73.8 Å². The number of halogens is 2. The van der Waals surface area contributed by atoms with Crippen LogP contribution < -0.4 is 0 Å². The van der Waals surface area contributed by atoms with E-state index in [1.54, 1.807) is 0 Å². The highest BCUT2D eigenvalue weighted by Crippen LogP contribution is 2.11. The zero-order valence-corrected chi connectivity index (χ0v) is 8.95. The highest BCUT2D eigenvalue weighted by atomic mass is 79.9. The zero-order chi connectivity index (χ0) is 9.14. The van der Waals surface area contributed by atoms with Crippen LogP contribution in [-0.2, 0) is 6.54 Å². The van der Waals surface area contributed by atoms with E-state index in [9.17, 15) is 10.1 Å². The molecule has 8 heteroatoms. The summed E-state index contributed by atoms with van der Waals surface area (Å²) < 4.78 is 1.78. The molecule has 1 heterocycles. The molecule has 6 nitrogen and oxygen atoms in total. The first-order valence-electron chi connectivity index (χ1n) is 2.96. The number of hydrogen-bond donors (Lipinski definition) is 0. The third-order valence-corrected chi connectivity index (χ3v) is 2.02. The van der Waals surface area contributed by atoms with Gasteiger partial charge in [-0.1, -0.05) is 15.9 Å². The Kier molecular flexibility index (Phi) is 3.15. The number of nitrogens with zero attached hydrogens (tertiary/aromatic N) is 4. The van der Waals surface area contributed by atoms with Crippen molar-refractivity contribution in [2.24, 2.45) is 0 Å². The smallest absolute Gasteiger partial charge is 0.390 e. The Hall–Kier alpha value is -0.500. The maximum absolute atomic E-state index is 10.2. The molecule has 1 aromatic rings. The van der Waals surface area contributed by atoms with E-state index in [2.05, 4.69) is 41.9 Å². The Morgan fingerprint density at radius 3 is 2.75 bits per heavy atom. The molecule has 0 atom stereocenters. The van der Waals surface area contributed by atoms with Gasteiger partial charge in [0, 0.05) is 26.4 Å². The van der Waals surface area contributed by atoms with Crippen LogP contribution in [0.25, 0.3) is 0 Å². The van der Waals surface area contributed by atoms with E-state index < -0.39 is 4.92 Å². The molecule has 0 fully saturated rings. The summed E-state index contributed by atoms with van der Waals surface area (Å²) in [6.07, 6.45) is 0. The minimum atomic E-state index is -0.629. The Balaban J connectivity index is 2.92. The van der Waals surface area contributed by atoms with Crippen LogP contribution in [0.3, 0.4) is 0 Å². The largest absolute Gasteiger partial charge is 0.492 e. The first kappa shape index (κ1) is 9.59. The molecular weight excluding hydrogens is 296 g/mol. The molecule has 0 saturated carbocycles.